The Morgan fingerprint density at radius 3 is 2.00 bits per heavy atom. The summed E-state index contributed by atoms with van der Waals surface area (Å²) in [6.45, 7) is 25.0. The van der Waals surface area contributed by atoms with Gasteiger partial charge in [-0.25, -0.2) is 4.79 Å². The fraction of sp³-hybridized carbons (Fsp3) is 0.526. The van der Waals surface area contributed by atoms with Crippen LogP contribution in [0.2, 0.25) is 25.7 Å². The van der Waals surface area contributed by atoms with E-state index in [4.69, 9.17) is 21.8 Å². The van der Waals surface area contributed by atoms with Crippen molar-refractivity contribution in [3.63, 3.8) is 0 Å². The van der Waals surface area contributed by atoms with Gasteiger partial charge >= 0.3 is 31.7 Å². The number of hydrogen-bond donors (Lipinski definition) is 0. The molecule has 0 aliphatic heterocycles. The topological polar surface area (TPSA) is 63.2 Å². The predicted molar refractivity (Wildman–Crippen MR) is 120 cm³/mol. The highest BCUT2D eigenvalue weighted by atomic mass is 28.5. The zero-order valence-electron chi connectivity index (χ0n) is 18.0. The normalized spacial score (nSPS) is 17.5. The summed E-state index contributed by atoms with van der Waals surface area (Å²) in [5, 5.41) is 0. The van der Waals surface area contributed by atoms with Crippen LogP contribution in [0.25, 0.3) is 0 Å². The van der Waals surface area contributed by atoms with Crippen molar-refractivity contribution in [1.82, 2.24) is 0 Å². The van der Waals surface area contributed by atoms with E-state index in [1.54, 1.807) is 24.8 Å². The van der Waals surface area contributed by atoms with Gasteiger partial charge in [-0.05, 0) is 32.6 Å². The Hall–Kier alpha value is -1.08. The van der Waals surface area contributed by atoms with E-state index >= 15 is 0 Å². The summed E-state index contributed by atoms with van der Waals surface area (Å²) in [5.41, 5.74) is 2.01. The molecule has 160 valence electrons. The molecule has 0 aromatic rings. The van der Waals surface area contributed by atoms with Gasteiger partial charge in [-0.2, -0.15) is 0 Å². The Balaban J connectivity index is 5.69. The molecule has 3 atom stereocenters. The number of esters is 1. The van der Waals surface area contributed by atoms with Crippen molar-refractivity contribution in [3.8, 4) is 0 Å². The van der Waals surface area contributed by atoms with E-state index in [2.05, 4.69) is 33.2 Å². The Kier molecular flexibility index (Phi) is 12.0. The zero-order chi connectivity index (χ0) is 21.8. The van der Waals surface area contributed by atoms with E-state index in [0.717, 1.165) is 12.5 Å². The van der Waals surface area contributed by atoms with Gasteiger partial charge in [0, 0.05) is 5.57 Å². The van der Waals surface area contributed by atoms with Crippen molar-refractivity contribution in [3.05, 3.63) is 49.7 Å². The second kappa shape index (κ2) is 12.5. The molecule has 0 amide bonds. The standard InChI is InChI=1S/C19H36O6Si3/c1-10-14-22-26(7,13-4)24-28(9,17-21-19(20)18(5)6)25-27(8,16-12-3)23-15-11-2/h10-11,13H,1-2,4-5,12,14-17H2,3,6-9H3. The molecule has 0 aromatic carbocycles. The van der Waals surface area contributed by atoms with Crippen molar-refractivity contribution in [2.75, 3.05) is 19.4 Å². The van der Waals surface area contributed by atoms with Crippen molar-refractivity contribution in [2.24, 2.45) is 0 Å². The van der Waals surface area contributed by atoms with Gasteiger partial charge in [0.2, 0.25) is 0 Å². The summed E-state index contributed by atoms with van der Waals surface area (Å²) < 4.78 is 30.3. The Morgan fingerprint density at radius 1 is 0.964 bits per heavy atom. The average molecular weight is 445 g/mol. The van der Waals surface area contributed by atoms with Crippen LogP contribution in [0.15, 0.2) is 49.7 Å². The minimum Gasteiger partial charge on any atom is -0.460 e. The van der Waals surface area contributed by atoms with Crippen molar-refractivity contribution in [1.29, 1.82) is 0 Å². The van der Waals surface area contributed by atoms with Crippen LogP contribution >= 0.6 is 0 Å². The molecular weight excluding hydrogens is 408 g/mol. The second-order valence-corrected chi connectivity index (χ2v) is 17.0. The van der Waals surface area contributed by atoms with Gasteiger partial charge < -0.3 is 21.8 Å². The number of carbonyl (C=O) groups is 1. The molecule has 0 saturated carbocycles. The number of carbonyl (C=O) groups excluding carboxylic acids is 1. The molecule has 28 heavy (non-hydrogen) atoms. The zero-order valence-corrected chi connectivity index (χ0v) is 21.0. The Bertz CT molecular complexity index is 570. The lowest BCUT2D eigenvalue weighted by Crippen LogP contribution is -2.60. The molecule has 0 rings (SSSR count). The maximum atomic E-state index is 12.0. The molecule has 0 aliphatic carbocycles. The SMILES string of the molecule is C=CCO[Si](C)(C=C)O[Si](C)(COC(=O)C(=C)C)O[Si](C)(CCC)OCC=C. The lowest BCUT2D eigenvalue weighted by molar-refractivity contribution is -0.137. The molecule has 6 nitrogen and oxygen atoms in total. The third kappa shape index (κ3) is 9.92. The summed E-state index contributed by atoms with van der Waals surface area (Å²) in [4.78, 5) is 12.0. The summed E-state index contributed by atoms with van der Waals surface area (Å²) in [6, 6.07) is 0.779. The number of hydrogen-bond acceptors (Lipinski definition) is 6. The van der Waals surface area contributed by atoms with Gasteiger partial charge in [0.1, 0.15) is 6.23 Å². The van der Waals surface area contributed by atoms with E-state index in [1.165, 1.54) is 0 Å². The Morgan fingerprint density at radius 2 is 1.54 bits per heavy atom. The van der Waals surface area contributed by atoms with Crippen molar-refractivity contribution in [2.45, 2.75) is 46.0 Å². The molecule has 0 spiro atoms. The largest absolute Gasteiger partial charge is 0.460 e. The first kappa shape index (κ1) is 26.9. The second-order valence-electron chi connectivity index (χ2n) is 7.00. The predicted octanol–water partition coefficient (Wildman–Crippen LogP) is 4.43. The first-order chi connectivity index (χ1) is 13.0. The highest BCUT2D eigenvalue weighted by molar-refractivity contribution is 6.87. The summed E-state index contributed by atoms with van der Waals surface area (Å²) in [6.07, 6.45) is 4.26. The molecule has 0 aromatic heterocycles. The van der Waals surface area contributed by atoms with Crippen LogP contribution in [-0.2, 0) is 26.6 Å². The lowest BCUT2D eigenvalue weighted by Gasteiger charge is -2.40. The first-order valence-corrected chi connectivity index (χ1v) is 16.8. The molecule has 0 N–H and O–H groups in total. The van der Waals surface area contributed by atoms with E-state index in [0.29, 0.717) is 18.8 Å². The van der Waals surface area contributed by atoms with Gasteiger partial charge in [0.15, 0.2) is 0 Å². The van der Waals surface area contributed by atoms with Gasteiger partial charge in [-0.15, -0.1) is 19.7 Å². The molecule has 0 aliphatic rings. The number of ether oxygens (including phenoxy) is 1. The van der Waals surface area contributed by atoms with Gasteiger partial charge in [-0.3, -0.25) is 0 Å². The van der Waals surface area contributed by atoms with Gasteiger partial charge in [0.05, 0.1) is 13.2 Å². The average Bonchev–Trinajstić information content (AvgIpc) is 2.62. The minimum absolute atomic E-state index is 0.0102. The highest BCUT2D eigenvalue weighted by Gasteiger charge is 2.48. The Labute approximate surface area is 173 Å². The maximum Gasteiger partial charge on any atom is 0.356 e. The lowest BCUT2D eigenvalue weighted by atomic mass is 10.4. The van der Waals surface area contributed by atoms with E-state index in [1.807, 2.05) is 19.6 Å². The molecule has 0 heterocycles. The fourth-order valence-electron chi connectivity index (χ4n) is 2.48. The molecular formula is C19H36O6Si3. The molecule has 9 heteroatoms. The molecule has 0 fully saturated rings. The van der Waals surface area contributed by atoms with Crippen LogP contribution in [0.3, 0.4) is 0 Å². The van der Waals surface area contributed by atoms with Crippen LogP contribution in [-0.4, -0.2) is 51.1 Å². The number of rotatable bonds is 16. The van der Waals surface area contributed by atoms with Crippen molar-refractivity contribution < 1.29 is 26.6 Å². The molecule has 0 saturated heterocycles. The third-order valence-electron chi connectivity index (χ3n) is 3.73. The van der Waals surface area contributed by atoms with E-state index < -0.39 is 31.7 Å². The van der Waals surface area contributed by atoms with Crippen molar-refractivity contribution >= 4 is 31.7 Å². The summed E-state index contributed by atoms with van der Waals surface area (Å²) >= 11 is 0. The highest BCUT2D eigenvalue weighted by Crippen LogP contribution is 2.26. The van der Waals surface area contributed by atoms with E-state index in [-0.39, 0.29) is 6.23 Å². The van der Waals surface area contributed by atoms with E-state index in [9.17, 15) is 4.79 Å². The summed E-state index contributed by atoms with van der Waals surface area (Å²) in [5.74, 6) is -0.481. The van der Waals surface area contributed by atoms with Gasteiger partial charge in [0.25, 0.3) is 0 Å². The molecule has 3 unspecified atom stereocenters. The molecule has 0 bridgehead atoms. The van der Waals surface area contributed by atoms with Gasteiger partial charge in [-0.1, -0.05) is 37.8 Å². The van der Waals surface area contributed by atoms with Crippen LogP contribution in [0.1, 0.15) is 20.3 Å². The quantitative estimate of drug-likeness (QED) is 0.152. The fourth-order valence-corrected chi connectivity index (χ4v) is 14.3. The first-order valence-electron chi connectivity index (χ1n) is 9.35. The minimum atomic E-state index is -3.04. The summed E-state index contributed by atoms with van der Waals surface area (Å²) in [7, 11) is -8.39. The molecule has 0 radical (unpaired) electrons. The van der Waals surface area contributed by atoms with Crippen LogP contribution in [0, 0.1) is 0 Å². The van der Waals surface area contributed by atoms with Crippen LogP contribution < -0.4 is 0 Å². The third-order valence-corrected chi connectivity index (χ3v) is 14.9. The smallest absolute Gasteiger partial charge is 0.356 e. The maximum absolute atomic E-state index is 12.0. The van der Waals surface area contributed by atoms with Crippen LogP contribution in [0.4, 0.5) is 0 Å². The monoisotopic (exact) mass is 444 g/mol. The van der Waals surface area contributed by atoms with Crippen LogP contribution in [0.5, 0.6) is 0 Å².